The average molecular weight is 479 g/mol. The number of ether oxygens (including phenoxy) is 1. The molecule has 1 atom stereocenters. The molecule has 1 heterocycles. The quantitative estimate of drug-likeness (QED) is 0.518. The maximum absolute atomic E-state index is 14.1. The summed E-state index contributed by atoms with van der Waals surface area (Å²) in [6.45, 7) is 2.42. The van der Waals surface area contributed by atoms with Crippen LogP contribution in [0.3, 0.4) is 0 Å². The van der Waals surface area contributed by atoms with Crippen molar-refractivity contribution in [1.82, 2.24) is 0 Å². The lowest BCUT2D eigenvalue weighted by atomic mass is 10.1. The van der Waals surface area contributed by atoms with Gasteiger partial charge in [-0.3, -0.25) is 14.4 Å². The number of nitrogens with one attached hydrogen (secondary N) is 2. The second kappa shape index (κ2) is 10.3. The fraction of sp³-hybridized carbons (Fsp3) is 0.192. The van der Waals surface area contributed by atoms with Crippen molar-refractivity contribution in [2.24, 2.45) is 5.92 Å². The van der Waals surface area contributed by atoms with Gasteiger partial charge in [-0.15, -0.1) is 0 Å². The number of hydrogen-bond donors (Lipinski definition) is 2. The van der Waals surface area contributed by atoms with Gasteiger partial charge < -0.3 is 20.3 Å². The highest BCUT2D eigenvalue weighted by Crippen LogP contribution is 2.28. The molecular formula is C26H23F2N3O4. The summed E-state index contributed by atoms with van der Waals surface area (Å²) in [6, 6.07) is 16.2. The third kappa shape index (κ3) is 5.63. The predicted molar refractivity (Wildman–Crippen MR) is 127 cm³/mol. The van der Waals surface area contributed by atoms with Crippen LogP contribution in [0, 0.1) is 17.6 Å². The summed E-state index contributed by atoms with van der Waals surface area (Å²) in [6.07, 6.45) is -0.0920. The molecule has 7 nitrogen and oxygen atoms in total. The van der Waals surface area contributed by atoms with Gasteiger partial charge in [0.25, 0.3) is 5.91 Å². The molecule has 3 aromatic carbocycles. The molecule has 1 aliphatic heterocycles. The van der Waals surface area contributed by atoms with Gasteiger partial charge in [0, 0.05) is 36.0 Å². The van der Waals surface area contributed by atoms with Gasteiger partial charge in [-0.25, -0.2) is 8.78 Å². The van der Waals surface area contributed by atoms with Crippen LogP contribution in [0.25, 0.3) is 0 Å². The van der Waals surface area contributed by atoms with Gasteiger partial charge in [0.2, 0.25) is 11.8 Å². The highest BCUT2D eigenvalue weighted by Gasteiger charge is 2.36. The van der Waals surface area contributed by atoms with Crippen molar-refractivity contribution >= 4 is 34.8 Å². The van der Waals surface area contributed by atoms with Crippen molar-refractivity contribution in [3.8, 4) is 5.75 Å². The van der Waals surface area contributed by atoms with E-state index < -0.39 is 29.4 Å². The van der Waals surface area contributed by atoms with E-state index in [0.717, 1.165) is 11.0 Å². The van der Waals surface area contributed by atoms with Crippen molar-refractivity contribution in [2.75, 3.05) is 28.7 Å². The third-order valence-corrected chi connectivity index (χ3v) is 5.53. The second-order valence-corrected chi connectivity index (χ2v) is 7.98. The summed E-state index contributed by atoms with van der Waals surface area (Å²) >= 11 is 0. The molecule has 0 aromatic heterocycles. The van der Waals surface area contributed by atoms with Crippen LogP contribution in [0.15, 0.2) is 66.7 Å². The third-order valence-electron chi connectivity index (χ3n) is 5.53. The Morgan fingerprint density at radius 3 is 2.29 bits per heavy atom. The Balaban J connectivity index is 1.34. The lowest BCUT2D eigenvalue weighted by Gasteiger charge is -2.17. The van der Waals surface area contributed by atoms with Crippen LogP contribution in [0.1, 0.15) is 23.7 Å². The molecule has 35 heavy (non-hydrogen) atoms. The molecule has 180 valence electrons. The number of halogens is 2. The van der Waals surface area contributed by atoms with Crippen LogP contribution in [-0.4, -0.2) is 30.9 Å². The zero-order chi connectivity index (χ0) is 24.9. The predicted octanol–water partition coefficient (Wildman–Crippen LogP) is 4.61. The normalized spacial score (nSPS) is 15.1. The fourth-order valence-corrected chi connectivity index (χ4v) is 3.77. The van der Waals surface area contributed by atoms with Gasteiger partial charge in [0.05, 0.1) is 18.2 Å². The van der Waals surface area contributed by atoms with Crippen LogP contribution in [-0.2, 0) is 9.59 Å². The largest absolute Gasteiger partial charge is 0.494 e. The lowest BCUT2D eigenvalue weighted by molar-refractivity contribution is -0.122. The number of carbonyl (C=O) groups excluding carboxylic acids is 3. The molecule has 4 rings (SSSR count). The molecule has 1 fully saturated rings. The van der Waals surface area contributed by atoms with E-state index in [1.54, 1.807) is 48.5 Å². The molecule has 1 aliphatic rings. The van der Waals surface area contributed by atoms with Gasteiger partial charge in [-0.05, 0) is 67.6 Å². The van der Waals surface area contributed by atoms with Gasteiger partial charge in [-0.1, -0.05) is 0 Å². The van der Waals surface area contributed by atoms with Crippen molar-refractivity contribution < 1.29 is 27.9 Å². The Labute approximate surface area is 200 Å². The van der Waals surface area contributed by atoms with Crippen molar-refractivity contribution in [3.05, 3.63) is 83.9 Å². The first-order valence-electron chi connectivity index (χ1n) is 11.0. The summed E-state index contributed by atoms with van der Waals surface area (Å²) in [4.78, 5) is 38.7. The number of anilines is 3. The molecule has 1 unspecified atom stereocenters. The number of benzene rings is 3. The molecule has 0 bridgehead atoms. The number of rotatable bonds is 7. The molecule has 0 saturated carbocycles. The number of carbonyl (C=O) groups is 3. The zero-order valence-electron chi connectivity index (χ0n) is 18.9. The summed E-state index contributed by atoms with van der Waals surface area (Å²) < 4.78 is 32.6. The van der Waals surface area contributed by atoms with Crippen LogP contribution in [0.4, 0.5) is 25.8 Å². The van der Waals surface area contributed by atoms with Crippen LogP contribution in [0.2, 0.25) is 0 Å². The van der Waals surface area contributed by atoms with E-state index in [-0.39, 0.29) is 24.6 Å². The highest BCUT2D eigenvalue weighted by atomic mass is 19.1. The summed E-state index contributed by atoms with van der Waals surface area (Å²) in [7, 11) is 0. The Hall–Kier alpha value is -4.27. The van der Waals surface area contributed by atoms with Crippen molar-refractivity contribution in [1.29, 1.82) is 0 Å². The Morgan fingerprint density at radius 2 is 1.63 bits per heavy atom. The van der Waals surface area contributed by atoms with Gasteiger partial charge in [0.15, 0.2) is 0 Å². The topological polar surface area (TPSA) is 87.7 Å². The fourth-order valence-electron chi connectivity index (χ4n) is 3.77. The maximum atomic E-state index is 14.1. The lowest BCUT2D eigenvalue weighted by Crippen LogP contribution is -2.28. The van der Waals surface area contributed by atoms with Crippen LogP contribution >= 0.6 is 0 Å². The number of nitrogens with zero attached hydrogens (tertiary/aromatic N) is 1. The minimum absolute atomic E-state index is 0.0181. The van der Waals surface area contributed by atoms with Crippen molar-refractivity contribution in [3.63, 3.8) is 0 Å². The Morgan fingerprint density at radius 1 is 0.971 bits per heavy atom. The van der Waals surface area contributed by atoms with E-state index in [9.17, 15) is 23.2 Å². The monoisotopic (exact) mass is 479 g/mol. The maximum Gasteiger partial charge on any atom is 0.255 e. The molecule has 0 aliphatic carbocycles. The Bertz CT molecular complexity index is 1250. The van der Waals surface area contributed by atoms with E-state index in [2.05, 4.69) is 10.6 Å². The summed E-state index contributed by atoms with van der Waals surface area (Å²) in [5, 5.41) is 5.50. The summed E-state index contributed by atoms with van der Waals surface area (Å²) in [5.74, 6) is -2.74. The smallest absolute Gasteiger partial charge is 0.255 e. The molecule has 9 heteroatoms. The first-order valence-corrected chi connectivity index (χ1v) is 11.0. The number of amides is 3. The van der Waals surface area contributed by atoms with E-state index >= 15 is 0 Å². The summed E-state index contributed by atoms with van der Waals surface area (Å²) in [5.41, 5.74) is 1.40. The average Bonchev–Trinajstić information content (AvgIpc) is 3.22. The molecule has 3 aromatic rings. The molecule has 2 N–H and O–H groups in total. The van der Waals surface area contributed by atoms with Gasteiger partial charge in [0.1, 0.15) is 17.4 Å². The van der Waals surface area contributed by atoms with Gasteiger partial charge in [-0.2, -0.15) is 0 Å². The van der Waals surface area contributed by atoms with Crippen LogP contribution in [0.5, 0.6) is 5.75 Å². The SMILES string of the molecule is CCOc1ccc(NC(=O)c2ccc(NC(=O)C3CC(=O)N(c4ccc(F)cc4F)C3)cc2)cc1. The minimum Gasteiger partial charge on any atom is -0.494 e. The first kappa shape index (κ1) is 23.9. The van der Waals surface area contributed by atoms with E-state index in [1.807, 2.05) is 6.92 Å². The number of hydrogen-bond acceptors (Lipinski definition) is 4. The minimum atomic E-state index is -0.862. The standard InChI is InChI=1S/C26H23F2N3O4/c1-2-35-21-10-8-20(9-11-21)29-25(33)16-3-6-19(7-4-16)30-26(34)17-13-24(32)31(15-17)23-12-5-18(27)14-22(23)28/h3-12,14,17H,2,13,15H2,1H3,(H,29,33)(H,30,34). The molecule has 3 amide bonds. The van der Waals surface area contributed by atoms with E-state index in [0.29, 0.717) is 35.4 Å². The molecule has 0 radical (unpaired) electrons. The molecule has 1 saturated heterocycles. The second-order valence-electron chi connectivity index (χ2n) is 7.98. The van der Waals surface area contributed by atoms with Crippen molar-refractivity contribution in [2.45, 2.75) is 13.3 Å². The van der Waals surface area contributed by atoms with Gasteiger partial charge >= 0.3 is 0 Å². The molecule has 0 spiro atoms. The first-order chi connectivity index (χ1) is 16.8. The van der Waals surface area contributed by atoms with E-state index in [4.69, 9.17) is 4.74 Å². The van der Waals surface area contributed by atoms with E-state index in [1.165, 1.54) is 6.07 Å². The highest BCUT2D eigenvalue weighted by molar-refractivity contribution is 6.05. The Kier molecular flexibility index (Phi) is 7.05. The molecular weight excluding hydrogens is 456 g/mol. The zero-order valence-corrected chi connectivity index (χ0v) is 18.9. The van der Waals surface area contributed by atoms with Crippen LogP contribution < -0.4 is 20.3 Å².